The Bertz CT molecular complexity index is 1280. The van der Waals surface area contributed by atoms with Crippen LogP contribution < -0.4 is 0 Å². The van der Waals surface area contributed by atoms with E-state index in [-0.39, 0.29) is 43.3 Å². The first-order valence-electron chi connectivity index (χ1n) is 12.7. The zero-order valence-electron chi connectivity index (χ0n) is 22.0. The molecule has 3 unspecified atom stereocenters. The number of benzene rings is 1. The van der Waals surface area contributed by atoms with Gasteiger partial charge in [-0.2, -0.15) is 26.3 Å². The molecule has 3 heterocycles. The van der Waals surface area contributed by atoms with Crippen LogP contribution in [-0.4, -0.2) is 71.8 Å². The molecule has 224 valence electrons. The topological polar surface area (TPSA) is 53.5 Å². The second-order valence-corrected chi connectivity index (χ2v) is 11.4. The Labute approximate surface area is 235 Å². The van der Waals surface area contributed by atoms with Gasteiger partial charge in [0.2, 0.25) is 11.8 Å². The summed E-state index contributed by atoms with van der Waals surface area (Å²) in [5.74, 6) is -0.388. The van der Waals surface area contributed by atoms with Crippen LogP contribution in [-0.2, 0) is 26.4 Å². The van der Waals surface area contributed by atoms with Gasteiger partial charge in [-0.1, -0.05) is 24.3 Å². The van der Waals surface area contributed by atoms with Crippen molar-refractivity contribution in [3.05, 3.63) is 59.4 Å². The van der Waals surface area contributed by atoms with E-state index < -0.39 is 40.5 Å². The third-order valence-electron chi connectivity index (χ3n) is 7.96. The fraction of sp³-hybridized carbons (Fsp3) is 0.519. The molecule has 5 rings (SSSR count). The summed E-state index contributed by atoms with van der Waals surface area (Å²) in [4.78, 5) is 33.2. The average molecular weight is 610 g/mol. The number of halogens is 8. The molecule has 2 fully saturated rings. The second kappa shape index (κ2) is 11.1. The molecule has 0 saturated carbocycles. The summed E-state index contributed by atoms with van der Waals surface area (Å²) in [5, 5.41) is 0. The Kier molecular flexibility index (Phi) is 8.38. The summed E-state index contributed by atoms with van der Waals surface area (Å²) < 4.78 is 104. The fourth-order valence-corrected chi connectivity index (χ4v) is 7.56. The molecule has 3 aliphatic rings. The molecule has 41 heavy (non-hydrogen) atoms. The Morgan fingerprint density at radius 3 is 2.15 bits per heavy atom. The number of fused-ring (bicyclic) bond motifs is 3. The van der Waals surface area contributed by atoms with Crippen molar-refractivity contribution in [1.29, 1.82) is 0 Å². The number of rotatable bonds is 4. The number of aromatic nitrogens is 1. The molecule has 2 aromatic rings. The van der Waals surface area contributed by atoms with E-state index in [1.54, 1.807) is 30.1 Å². The van der Waals surface area contributed by atoms with Crippen LogP contribution in [0.15, 0.2) is 47.4 Å². The Morgan fingerprint density at radius 1 is 0.951 bits per heavy atom. The highest BCUT2D eigenvalue weighted by atomic mass is 32.2. The maximum atomic E-state index is 14.8. The molecule has 0 radical (unpaired) electrons. The number of amides is 2. The molecule has 1 aliphatic carbocycles. The van der Waals surface area contributed by atoms with E-state index in [1.807, 2.05) is 12.1 Å². The van der Waals surface area contributed by atoms with Gasteiger partial charge in [0.25, 0.3) is 0 Å². The van der Waals surface area contributed by atoms with E-state index in [0.717, 1.165) is 11.0 Å². The van der Waals surface area contributed by atoms with Gasteiger partial charge in [0.05, 0.1) is 23.7 Å². The van der Waals surface area contributed by atoms with Crippen molar-refractivity contribution in [2.45, 2.75) is 71.9 Å². The van der Waals surface area contributed by atoms with E-state index in [9.17, 15) is 44.7 Å². The molecule has 0 N–H and O–H groups in total. The fourth-order valence-electron chi connectivity index (χ4n) is 5.98. The number of hydrogen-bond acceptors (Lipinski definition) is 4. The van der Waals surface area contributed by atoms with Crippen molar-refractivity contribution in [3.63, 3.8) is 0 Å². The summed E-state index contributed by atoms with van der Waals surface area (Å²) in [6, 6.07) is 9.49. The zero-order chi connectivity index (χ0) is 30.4. The zero-order valence-corrected chi connectivity index (χ0v) is 22.8. The largest absolute Gasteiger partial charge is 0.437 e. The van der Waals surface area contributed by atoms with Crippen LogP contribution in [0.5, 0.6) is 0 Å². The molecule has 1 aromatic carbocycles. The molecular weight excluding hydrogens is 582 g/mol. The number of thioether (sulfide) groups is 1. The number of nitrogens with zero attached hydrogens (tertiary/aromatic N) is 3. The number of pyridine rings is 1. The number of aryl methyl sites for hydroxylation is 1. The van der Waals surface area contributed by atoms with E-state index in [1.165, 1.54) is 16.7 Å². The SMILES string of the molecule is CF.CN1C(=O)CCC1C(=O)N1CCC2(Sc3ccccc3)c3ccc(C(F)(C(F)(F)F)C(F)(F)F)nc3CCC12. The summed E-state index contributed by atoms with van der Waals surface area (Å²) in [6.45, 7) is 0.279. The minimum absolute atomic E-state index is 0.0417. The predicted molar refractivity (Wildman–Crippen MR) is 134 cm³/mol. The van der Waals surface area contributed by atoms with Gasteiger partial charge in [-0.25, -0.2) is 4.39 Å². The minimum atomic E-state index is -6.26. The van der Waals surface area contributed by atoms with Crippen LogP contribution in [0.2, 0.25) is 0 Å². The first kappa shape index (κ1) is 31.0. The van der Waals surface area contributed by atoms with Crippen LogP contribution in [0.1, 0.15) is 42.6 Å². The van der Waals surface area contributed by atoms with Crippen molar-refractivity contribution >= 4 is 23.6 Å². The maximum Gasteiger partial charge on any atom is 0.437 e. The van der Waals surface area contributed by atoms with Gasteiger partial charge in [-0.15, -0.1) is 11.8 Å². The van der Waals surface area contributed by atoms with Gasteiger partial charge in [0.15, 0.2) is 0 Å². The van der Waals surface area contributed by atoms with Crippen LogP contribution in [0, 0.1) is 0 Å². The molecule has 1 aromatic heterocycles. The van der Waals surface area contributed by atoms with Gasteiger partial charge < -0.3 is 9.80 Å². The normalized spacial score (nSPS) is 24.5. The number of carbonyl (C=O) groups excluding carboxylic acids is 2. The van der Waals surface area contributed by atoms with E-state index in [2.05, 4.69) is 4.98 Å². The Hall–Kier alpha value is -2.90. The number of carbonyl (C=O) groups is 2. The van der Waals surface area contributed by atoms with E-state index in [4.69, 9.17) is 0 Å². The first-order chi connectivity index (χ1) is 19.2. The third-order valence-corrected chi connectivity index (χ3v) is 9.53. The third kappa shape index (κ3) is 5.05. The van der Waals surface area contributed by atoms with Gasteiger partial charge in [-0.3, -0.25) is 19.0 Å². The summed E-state index contributed by atoms with van der Waals surface area (Å²) in [5.41, 5.74) is -7.04. The van der Waals surface area contributed by atoms with Gasteiger partial charge in [-0.05, 0) is 49.4 Å². The van der Waals surface area contributed by atoms with Crippen LogP contribution in [0.25, 0.3) is 0 Å². The van der Waals surface area contributed by atoms with Crippen molar-refractivity contribution < 1.29 is 44.7 Å². The first-order valence-corrected chi connectivity index (χ1v) is 13.5. The molecule has 2 aliphatic heterocycles. The molecule has 2 saturated heterocycles. The van der Waals surface area contributed by atoms with Crippen molar-refractivity contribution in [2.24, 2.45) is 0 Å². The number of hydrogen-bond donors (Lipinski definition) is 0. The lowest BCUT2D eigenvalue weighted by atomic mass is 9.80. The van der Waals surface area contributed by atoms with Crippen LogP contribution in [0.3, 0.4) is 0 Å². The van der Waals surface area contributed by atoms with Crippen LogP contribution >= 0.6 is 11.8 Å². The van der Waals surface area contributed by atoms with E-state index >= 15 is 0 Å². The average Bonchev–Trinajstić information content (AvgIpc) is 3.47. The minimum Gasteiger partial charge on any atom is -0.336 e. The lowest BCUT2D eigenvalue weighted by molar-refractivity contribution is -0.350. The lowest BCUT2D eigenvalue weighted by Gasteiger charge is -2.43. The quantitative estimate of drug-likeness (QED) is 0.393. The summed E-state index contributed by atoms with van der Waals surface area (Å²) in [6.07, 6.45) is -11.4. The lowest BCUT2D eigenvalue weighted by Crippen LogP contribution is -2.52. The molecule has 0 bridgehead atoms. The molecule has 3 atom stereocenters. The van der Waals surface area contributed by atoms with Gasteiger partial charge >= 0.3 is 18.0 Å². The smallest absolute Gasteiger partial charge is 0.336 e. The standard InChI is InChI=1S/C26H24F7N3O2S.CH3F/c1-35-18(9-12-21(35)37)22(38)36-14-13-23(39-15-5-3-2-4-6-15)16-7-10-19(34-17(16)8-11-20(23)36)24(27,25(28,29)30)26(31,32)33;1-2/h2-7,10,18,20H,8-9,11-14H2,1H3;1H3. The summed E-state index contributed by atoms with van der Waals surface area (Å²) >= 11 is 1.36. The monoisotopic (exact) mass is 609 g/mol. The van der Waals surface area contributed by atoms with E-state index in [0.29, 0.717) is 31.6 Å². The Morgan fingerprint density at radius 2 is 1.59 bits per heavy atom. The van der Waals surface area contributed by atoms with Crippen molar-refractivity contribution in [2.75, 3.05) is 20.8 Å². The molecule has 5 nitrogen and oxygen atoms in total. The highest BCUT2D eigenvalue weighted by Crippen LogP contribution is 2.58. The van der Waals surface area contributed by atoms with Gasteiger partial charge in [0, 0.05) is 30.6 Å². The number of likely N-dealkylation sites (tertiary alicyclic amines) is 2. The summed E-state index contributed by atoms with van der Waals surface area (Å²) in [7, 11) is 2.06. The molecule has 0 spiro atoms. The maximum absolute atomic E-state index is 14.8. The predicted octanol–water partition coefficient (Wildman–Crippen LogP) is 6.11. The molecule has 2 amide bonds. The van der Waals surface area contributed by atoms with Crippen LogP contribution in [0.4, 0.5) is 35.1 Å². The highest BCUT2D eigenvalue weighted by Gasteiger charge is 2.74. The van der Waals surface area contributed by atoms with Gasteiger partial charge in [0.1, 0.15) is 6.04 Å². The molecular formula is C27H27F8N3O2S. The second-order valence-electron chi connectivity index (χ2n) is 10.0. The highest BCUT2D eigenvalue weighted by molar-refractivity contribution is 8.00. The van der Waals surface area contributed by atoms with Crippen molar-refractivity contribution in [1.82, 2.24) is 14.8 Å². The van der Waals surface area contributed by atoms with Crippen molar-refractivity contribution in [3.8, 4) is 0 Å². The Balaban J connectivity index is 0.00000189. The number of alkyl halides is 8. The number of likely N-dealkylation sites (N-methyl/N-ethyl adjacent to an activating group) is 1. The molecule has 14 heteroatoms.